The SMILES string of the molecule is C[S+](CC(=O)c1ccccc1)c1ccc(O)cc1.FC(F)(F)c1cc([B-](c2cc(C(F)(F)F)cc(C(F)(F)F)c2)(c2cc(C(F)(F)F)cc(C(F)(F)F)c2)c2cc(C(F)(F)F)cc(C(F)(F)F)c2)cc(C(F)(F)F)c1. The lowest BCUT2D eigenvalue weighted by Gasteiger charge is -2.46. The van der Waals surface area contributed by atoms with Crippen LogP contribution < -0.4 is 21.9 Å². The van der Waals surface area contributed by atoms with Crippen molar-refractivity contribution in [2.75, 3.05) is 12.0 Å². The van der Waals surface area contributed by atoms with Crippen molar-refractivity contribution < 1.29 is 115 Å². The molecule has 0 radical (unpaired) electrons. The van der Waals surface area contributed by atoms with E-state index in [-0.39, 0.29) is 22.4 Å². The van der Waals surface area contributed by atoms with Gasteiger partial charge in [0.05, 0.1) is 44.5 Å². The highest BCUT2D eigenvalue weighted by atomic mass is 32.2. The maximum atomic E-state index is 14.2. The number of carbonyl (C=O) groups is 1. The van der Waals surface area contributed by atoms with Crippen molar-refractivity contribution in [1.82, 2.24) is 0 Å². The third-order valence-electron chi connectivity index (χ3n) is 11.1. The smallest absolute Gasteiger partial charge is 0.416 e. The molecular weight excluding hydrogens is 1100 g/mol. The highest BCUT2D eigenvalue weighted by Gasteiger charge is 2.47. The van der Waals surface area contributed by atoms with Gasteiger partial charge in [0, 0.05) is 16.5 Å². The molecule has 0 heterocycles. The number of Topliss-reactive ketones (excluding diaryl/α,β-unsaturated/α-hetero) is 1. The number of rotatable bonds is 8. The molecule has 1 unspecified atom stereocenters. The van der Waals surface area contributed by atoms with Crippen LogP contribution in [0.5, 0.6) is 5.75 Å². The van der Waals surface area contributed by atoms with Crippen molar-refractivity contribution in [3.05, 3.63) is 177 Å². The summed E-state index contributed by atoms with van der Waals surface area (Å²) in [6.45, 7) is 0. The first-order chi connectivity index (χ1) is 33.9. The third kappa shape index (κ3) is 14.1. The van der Waals surface area contributed by atoms with Gasteiger partial charge in [-0.1, -0.05) is 78.9 Å². The van der Waals surface area contributed by atoms with Gasteiger partial charge in [-0.15, -0.1) is 0 Å². The largest absolute Gasteiger partial charge is 0.508 e. The average Bonchev–Trinajstić information content (AvgIpc) is 3.27. The quantitative estimate of drug-likeness (QED) is 0.0714. The highest BCUT2D eigenvalue weighted by Crippen LogP contribution is 2.41. The molecule has 0 aliphatic carbocycles. The number of hydrogen-bond acceptors (Lipinski definition) is 2. The molecule has 75 heavy (non-hydrogen) atoms. The number of phenolic OH excluding ortho intramolecular Hbond substituents is 1. The van der Waals surface area contributed by atoms with Crippen LogP contribution in [0.3, 0.4) is 0 Å². The molecule has 0 saturated carbocycles. The number of aromatic hydroxyl groups is 1. The van der Waals surface area contributed by atoms with Crippen molar-refractivity contribution >= 4 is 44.7 Å². The summed E-state index contributed by atoms with van der Waals surface area (Å²) in [5.74, 6) is 0.925. The van der Waals surface area contributed by atoms with Crippen LogP contribution in [0.25, 0.3) is 0 Å². The molecule has 28 heteroatoms. The van der Waals surface area contributed by atoms with E-state index in [0.29, 0.717) is 5.75 Å². The third-order valence-corrected chi connectivity index (χ3v) is 12.9. The minimum atomic E-state index is -6.13. The summed E-state index contributed by atoms with van der Waals surface area (Å²) in [5, 5.41) is 9.23. The fourth-order valence-electron chi connectivity index (χ4n) is 7.74. The lowest BCUT2D eigenvalue weighted by Crippen LogP contribution is -2.75. The lowest BCUT2D eigenvalue weighted by atomic mass is 9.12. The second kappa shape index (κ2) is 20.6. The van der Waals surface area contributed by atoms with Crippen LogP contribution in [0.4, 0.5) is 105 Å². The molecule has 1 N–H and O–H groups in total. The van der Waals surface area contributed by atoms with E-state index in [2.05, 4.69) is 0 Å². The summed E-state index contributed by atoms with van der Waals surface area (Å²) >= 11 is 0. The van der Waals surface area contributed by atoms with Crippen LogP contribution in [0.2, 0.25) is 0 Å². The van der Waals surface area contributed by atoms with Gasteiger partial charge in [0.2, 0.25) is 5.78 Å². The molecular formula is C47H27BF24O2S. The second-order valence-corrected chi connectivity index (χ2v) is 18.3. The Labute approximate surface area is 408 Å². The first-order valence-corrected chi connectivity index (χ1v) is 22.1. The van der Waals surface area contributed by atoms with Crippen molar-refractivity contribution in [3.63, 3.8) is 0 Å². The standard InChI is InChI=1S/C32H12BF24.C15H14O2S/c34-25(35,36)13-1-14(26(37,38)39)6-21(5-13)33(22-7-15(27(40,41)42)2-16(8-22)28(43,44)45,23-9-17(29(46,47)48)3-18(10-23)30(49,50)51)24-11-19(31(52,53)54)4-20(12-24)32(55,56)57;1-18(14-9-7-13(16)8-10-14)11-15(17)12-5-3-2-4-6-12/h1-12H;2-10H,11H2,1H3/q-1;/p+1. The molecule has 2 nitrogen and oxygen atoms in total. The van der Waals surface area contributed by atoms with Gasteiger partial charge in [-0.2, -0.15) is 127 Å². The molecule has 0 aliphatic rings. The summed E-state index contributed by atoms with van der Waals surface area (Å²) in [6.07, 6.45) is -52.8. The van der Waals surface area contributed by atoms with Gasteiger partial charge in [0.1, 0.15) is 18.2 Å². The molecule has 0 amide bonds. The first-order valence-electron chi connectivity index (χ1n) is 20.3. The Kier molecular flexibility index (Phi) is 16.3. The van der Waals surface area contributed by atoms with E-state index >= 15 is 0 Å². The van der Waals surface area contributed by atoms with Gasteiger partial charge in [0.25, 0.3) is 0 Å². The molecule has 404 valence electrons. The van der Waals surface area contributed by atoms with E-state index < -0.39 is 195 Å². The zero-order chi connectivity index (χ0) is 56.9. The molecule has 0 aliphatic heterocycles. The van der Waals surface area contributed by atoms with Crippen molar-refractivity contribution in [3.8, 4) is 5.75 Å². The van der Waals surface area contributed by atoms with E-state index in [0.717, 1.165) is 10.5 Å². The minimum Gasteiger partial charge on any atom is -0.508 e. The Morgan fingerprint density at radius 2 is 0.600 bits per heavy atom. The number of halogens is 24. The molecule has 6 rings (SSSR count). The van der Waals surface area contributed by atoms with Gasteiger partial charge in [0.15, 0.2) is 10.6 Å². The van der Waals surface area contributed by atoms with E-state index in [1.54, 1.807) is 12.1 Å². The maximum Gasteiger partial charge on any atom is 0.416 e. The van der Waals surface area contributed by atoms with Gasteiger partial charge in [-0.05, 0) is 48.5 Å². The predicted molar refractivity (Wildman–Crippen MR) is 225 cm³/mol. The Balaban J connectivity index is 0.000000483. The average molecular weight is 1120 g/mol. The highest BCUT2D eigenvalue weighted by molar-refractivity contribution is 7.96. The molecule has 6 aromatic rings. The molecule has 0 spiro atoms. The summed E-state index contributed by atoms with van der Waals surface area (Å²) < 4.78 is 341. The zero-order valence-electron chi connectivity index (χ0n) is 36.7. The molecule has 0 saturated heterocycles. The number of hydrogen-bond donors (Lipinski definition) is 1. The Morgan fingerprint density at radius 3 is 0.813 bits per heavy atom. The van der Waals surface area contributed by atoms with E-state index in [1.807, 2.05) is 48.7 Å². The number of carbonyl (C=O) groups excluding carboxylic acids is 1. The minimum absolute atomic E-state index is 0.133. The summed E-state index contributed by atoms with van der Waals surface area (Å²) in [4.78, 5) is 13.1. The van der Waals surface area contributed by atoms with Crippen LogP contribution in [0.15, 0.2) is 132 Å². The Morgan fingerprint density at radius 1 is 0.373 bits per heavy atom. The van der Waals surface area contributed by atoms with E-state index in [1.165, 1.54) is 0 Å². The zero-order valence-corrected chi connectivity index (χ0v) is 37.6. The van der Waals surface area contributed by atoms with Gasteiger partial charge in [-0.3, -0.25) is 4.79 Å². The van der Waals surface area contributed by atoms with Crippen molar-refractivity contribution in [1.29, 1.82) is 0 Å². The fraction of sp³-hybridized carbons (Fsp3) is 0.213. The number of ketones is 1. The van der Waals surface area contributed by atoms with Crippen LogP contribution in [-0.4, -0.2) is 29.0 Å². The lowest BCUT2D eigenvalue weighted by molar-refractivity contribution is -0.144. The number of alkyl halides is 24. The van der Waals surface area contributed by atoms with Crippen LogP contribution in [-0.2, 0) is 60.3 Å². The van der Waals surface area contributed by atoms with Gasteiger partial charge >= 0.3 is 49.4 Å². The molecule has 1 atom stereocenters. The molecule has 0 aromatic heterocycles. The summed E-state index contributed by atoms with van der Waals surface area (Å²) in [7, 11) is -0.133. The Bertz CT molecular complexity index is 2560. The van der Waals surface area contributed by atoms with E-state index in [4.69, 9.17) is 0 Å². The maximum absolute atomic E-state index is 14.2. The molecule has 6 aromatic carbocycles. The monoisotopic (exact) mass is 1120 g/mol. The van der Waals surface area contributed by atoms with Gasteiger partial charge in [-0.25, -0.2) is 0 Å². The number of benzene rings is 6. The predicted octanol–water partition coefficient (Wildman–Crippen LogP) is 14.1. The van der Waals surface area contributed by atoms with E-state index in [9.17, 15) is 115 Å². The van der Waals surface area contributed by atoms with Crippen molar-refractivity contribution in [2.45, 2.75) is 54.3 Å². The van der Waals surface area contributed by atoms with Gasteiger partial charge < -0.3 is 5.11 Å². The van der Waals surface area contributed by atoms with Crippen molar-refractivity contribution in [2.24, 2.45) is 0 Å². The first kappa shape index (κ1) is 59.4. The Hall–Kier alpha value is -6.48. The fourth-order valence-corrected chi connectivity index (χ4v) is 9.06. The second-order valence-electron chi connectivity index (χ2n) is 16.3. The van der Waals surface area contributed by atoms with Crippen LogP contribution in [0, 0.1) is 0 Å². The normalized spacial score (nSPS) is 13.8. The molecule has 0 bridgehead atoms. The topological polar surface area (TPSA) is 37.3 Å². The number of phenols is 1. The summed E-state index contributed by atoms with van der Waals surface area (Å²) in [6, 6.07) is 7.60. The van der Waals surface area contributed by atoms with Crippen LogP contribution >= 0.6 is 0 Å². The van der Waals surface area contributed by atoms with Crippen LogP contribution in [0.1, 0.15) is 54.9 Å². The molecule has 0 fully saturated rings. The summed E-state index contributed by atoms with van der Waals surface area (Å²) in [5.41, 5.74) is -29.4.